The predicted octanol–water partition coefficient (Wildman–Crippen LogP) is 2.90. The van der Waals surface area contributed by atoms with Crippen molar-refractivity contribution in [2.75, 3.05) is 13.7 Å². The number of ether oxygens (including phenoxy) is 3. The molecule has 130 valence electrons. The van der Waals surface area contributed by atoms with Crippen LogP contribution in [0.5, 0.6) is 0 Å². The molecule has 3 atom stereocenters. The van der Waals surface area contributed by atoms with Gasteiger partial charge in [0, 0.05) is 0 Å². The van der Waals surface area contributed by atoms with Crippen molar-refractivity contribution in [2.45, 2.75) is 29.2 Å². The van der Waals surface area contributed by atoms with Gasteiger partial charge in [0.2, 0.25) is 0 Å². The number of alkyl halides is 1. The van der Waals surface area contributed by atoms with Crippen LogP contribution in [0.25, 0.3) is 0 Å². The van der Waals surface area contributed by atoms with E-state index in [0.717, 1.165) is 5.56 Å². The van der Waals surface area contributed by atoms with Crippen molar-refractivity contribution in [3.05, 3.63) is 48.6 Å². The number of halogens is 1. The Bertz CT molecular complexity index is 580. The van der Waals surface area contributed by atoms with Crippen molar-refractivity contribution >= 4 is 34.7 Å². The largest absolute Gasteiger partial charge is 0.467 e. The molecule has 0 spiro atoms. The number of carbonyl (C=O) groups excluding carboxylic acids is 2. The standard InChI is InChI=1S/C17H20INO5/c1-3-9-23-15-13(18)10-14(16(20)22-2)19(15)17(21)24-11-12-7-5-4-6-8-12/h3-8,13-15H,1,9-11H2,2H3/t13-,14+,15+/m1/s1. The molecule has 1 saturated heterocycles. The van der Waals surface area contributed by atoms with Crippen LogP contribution < -0.4 is 0 Å². The normalized spacial score (nSPS) is 22.9. The number of rotatable bonds is 6. The molecule has 0 aliphatic carbocycles. The Hall–Kier alpha value is -1.61. The van der Waals surface area contributed by atoms with Crippen molar-refractivity contribution in [2.24, 2.45) is 0 Å². The molecule has 1 aromatic carbocycles. The SMILES string of the molecule is C=CCO[C@H]1[C@H](I)C[C@@H](C(=O)OC)N1C(=O)OCc1ccccc1. The molecule has 2 rings (SSSR count). The summed E-state index contributed by atoms with van der Waals surface area (Å²) in [4.78, 5) is 25.9. The maximum Gasteiger partial charge on any atom is 0.412 e. The molecular formula is C17H20INO5. The third kappa shape index (κ3) is 4.47. The highest BCUT2D eigenvalue weighted by molar-refractivity contribution is 14.1. The lowest BCUT2D eigenvalue weighted by Crippen LogP contribution is -2.47. The van der Waals surface area contributed by atoms with Gasteiger partial charge in [-0.25, -0.2) is 9.59 Å². The first-order chi connectivity index (χ1) is 11.6. The molecule has 1 aromatic rings. The summed E-state index contributed by atoms with van der Waals surface area (Å²) in [7, 11) is 1.30. The summed E-state index contributed by atoms with van der Waals surface area (Å²) in [6, 6.07) is 8.64. The van der Waals surface area contributed by atoms with Gasteiger partial charge in [-0.2, -0.15) is 0 Å². The molecule has 1 aliphatic heterocycles. The second-order valence-corrected chi connectivity index (χ2v) is 6.85. The van der Waals surface area contributed by atoms with Gasteiger partial charge in [-0.3, -0.25) is 4.90 Å². The van der Waals surface area contributed by atoms with Crippen molar-refractivity contribution < 1.29 is 23.8 Å². The third-order valence-electron chi connectivity index (χ3n) is 3.64. The zero-order chi connectivity index (χ0) is 17.5. The van der Waals surface area contributed by atoms with E-state index >= 15 is 0 Å². The predicted molar refractivity (Wildman–Crippen MR) is 96.6 cm³/mol. The van der Waals surface area contributed by atoms with Crippen LogP contribution in [0.2, 0.25) is 0 Å². The summed E-state index contributed by atoms with van der Waals surface area (Å²) in [6.45, 7) is 4.02. The van der Waals surface area contributed by atoms with E-state index in [1.54, 1.807) is 6.08 Å². The fourth-order valence-electron chi connectivity index (χ4n) is 2.52. The van der Waals surface area contributed by atoms with Crippen LogP contribution in [-0.4, -0.2) is 46.9 Å². The molecule has 7 heteroatoms. The lowest BCUT2D eigenvalue weighted by molar-refractivity contribution is -0.148. The smallest absolute Gasteiger partial charge is 0.412 e. The number of hydrogen-bond acceptors (Lipinski definition) is 5. The number of carbonyl (C=O) groups is 2. The highest BCUT2D eigenvalue weighted by Gasteiger charge is 2.48. The van der Waals surface area contributed by atoms with Crippen molar-refractivity contribution in [1.82, 2.24) is 4.90 Å². The van der Waals surface area contributed by atoms with E-state index in [1.165, 1.54) is 12.0 Å². The molecule has 0 N–H and O–H groups in total. The Labute approximate surface area is 154 Å². The average Bonchev–Trinajstić information content (AvgIpc) is 2.94. The first kappa shape index (κ1) is 18.7. The maximum atomic E-state index is 12.6. The second-order valence-electron chi connectivity index (χ2n) is 5.25. The summed E-state index contributed by atoms with van der Waals surface area (Å²) >= 11 is 2.17. The molecule has 0 unspecified atom stereocenters. The van der Waals surface area contributed by atoms with E-state index in [1.807, 2.05) is 30.3 Å². The maximum absolute atomic E-state index is 12.6. The van der Waals surface area contributed by atoms with E-state index in [4.69, 9.17) is 14.2 Å². The molecule has 0 bridgehead atoms. The van der Waals surface area contributed by atoms with E-state index < -0.39 is 24.3 Å². The summed E-state index contributed by atoms with van der Waals surface area (Å²) in [5.41, 5.74) is 0.870. The Balaban J connectivity index is 2.10. The zero-order valence-electron chi connectivity index (χ0n) is 13.4. The molecule has 6 nitrogen and oxygen atoms in total. The van der Waals surface area contributed by atoms with Gasteiger partial charge in [0.25, 0.3) is 0 Å². The Morgan fingerprint density at radius 1 is 1.38 bits per heavy atom. The number of likely N-dealkylation sites (tertiary alicyclic amines) is 1. The second kappa shape index (κ2) is 9.03. The molecule has 1 amide bonds. The third-order valence-corrected chi connectivity index (χ3v) is 4.77. The molecule has 1 aliphatic rings. The van der Waals surface area contributed by atoms with E-state index in [-0.39, 0.29) is 17.1 Å². The average molecular weight is 445 g/mol. The minimum atomic E-state index is -0.713. The van der Waals surface area contributed by atoms with Crippen LogP contribution in [-0.2, 0) is 25.6 Å². The number of amides is 1. The van der Waals surface area contributed by atoms with Crippen LogP contribution in [0.4, 0.5) is 4.79 Å². The van der Waals surface area contributed by atoms with E-state index in [9.17, 15) is 9.59 Å². The van der Waals surface area contributed by atoms with Crippen LogP contribution in [0.3, 0.4) is 0 Å². The van der Waals surface area contributed by atoms with Crippen molar-refractivity contribution in [3.63, 3.8) is 0 Å². The number of esters is 1. The first-order valence-electron chi connectivity index (χ1n) is 7.52. The van der Waals surface area contributed by atoms with E-state index in [2.05, 4.69) is 29.2 Å². The highest BCUT2D eigenvalue weighted by atomic mass is 127. The number of benzene rings is 1. The number of nitrogens with zero attached hydrogens (tertiary/aromatic N) is 1. The highest BCUT2D eigenvalue weighted by Crippen LogP contribution is 2.32. The van der Waals surface area contributed by atoms with Crippen LogP contribution in [0, 0.1) is 0 Å². The monoisotopic (exact) mass is 445 g/mol. The van der Waals surface area contributed by atoms with Gasteiger partial charge in [-0.05, 0) is 12.0 Å². The van der Waals surface area contributed by atoms with Gasteiger partial charge in [-0.15, -0.1) is 6.58 Å². The Kier molecular flexibility index (Phi) is 7.04. The van der Waals surface area contributed by atoms with Gasteiger partial charge in [0.1, 0.15) is 18.9 Å². The molecular weight excluding hydrogens is 425 g/mol. The Morgan fingerprint density at radius 2 is 2.08 bits per heavy atom. The molecule has 1 fully saturated rings. The fourth-order valence-corrected chi connectivity index (χ4v) is 3.55. The first-order valence-corrected chi connectivity index (χ1v) is 8.76. The van der Waals surface area contributed by atoms with Gasteiger partial charge >= 0.3 is 12.1 Å². The lowest BCUT2D eigenvalue weighted by atomic mass is 10.2. The zero-order valence-corrected chi connectivity index (χ0v) is 15.5. The van der Waals surface area contributed by atoms with Crippen molar-refractivity contribution in [1.29, 1.82) is 0 Å². The minimum Gasteiger partial charge on any atom is -0.467 e. The molecule has 0 radical (unpaired) electrons. The number of hydrogen-bond donors (Lipinski definition) is 0. The molecule has 1 heterocycles. The van der Waals surface area contributed by atoms with Gasteiger partial charge in [0.15, 0.2) is 0 Å². The number of methoxy groups -OCH3 is 1. The summed E-state index contributed by atoms with van der Waals surface area (Å²) in [5, 5.41) is 0. The molecule has 0 aromatic heterocycles. The van der Waals surface area contributed by atoms with Gasteiger partial charge in [0.05, 0.1) is 17.6 Å². The summed E-state index contributed by atoms with van der Waals surface area (Å²) < 4.78 is 15.8. The lowest BCUT2D eigenvalue weighted by Gasteiger charge is -2.28. The minimum absolute atomic E-state index is 0.0454. The molecule has 24 heavy (non-hydrogen) atoms. The Morgan fingerprint density at radius 3 is 2.71 bits per heavy atom. The van der Waals surface area contributed by atoms with Gasteiger partial charge < -0.3 is 14.2 Å². The van der Waals surface area contributed by atoms with Crippen molar-refractivity contribution in [3.8, 4) is 0 Å². The summed E-state index contributed by atoms with van der Waals surface area (Å²) in [5.74, 6) is -0.474. The van der Waals surface area contributed by atoms with Gasteiger partial charge in [-0.1, -0.05) is 59.0 Å². The van der Waals surface area contributed by atoms with Crippen LogP contribution >= 0.6 is 22.6 Å². The van der Waals surface area contributed by atoms with Crippen LogP contribution in [0.1, 0.15) is 12.0 Å². The quantitative estimate of drug-likeness (QED) is 0.292. The van der Waals surface area contributed by atoms with E-state index in [0.29, 0.717) is 6.42 Å². The topological polar surface area (TPSA) is 65.1 Å². The van der Waals surface area contributed by atoms with Crippen LogP contribution in [0.15, 0.2) is 43.0 Å². The summed E-state index contributed by atoms with van der Waals surface area (Å²) in [6.07, 6.45) is 0.899. The molecule has 0 saturated carbocycles. The fraction of sp³-hybridized carbons (Fsp3) is 0.412.